The molecule has 0 aliphatic rings. The first-order chi connectivity index (χ1) is 9.73. The summed E-state index contributed by atoms with van der Waals surface area (Å²) < 4.78 is 10.0. The molecule has 0 heterocycles. The van der Waals surface area contributed by atoms with Crippen molar-refractivity contribution in [3.05, 3.63) is 0 Å². The van der Waals surface area contributed by atoms with E-state index in [-0.39, 0.29) is 0 Å². The van der Waals surface area contributed by atoms with Crippen molar-refractivity contribution in [3.63, 3.8) is 0 Å². The molecule has 2 N–H and O–H groups in total. The minimum Gasteiger partial charge on any atom is -0.480 e. The number of aliphatic carboxylic acids is 1. The summed E-state index contributed by atoms with van der Waals surface area (Å²) in [5.41, 5.74) is -1.82. The largest absolute Gasteiger partial charge is 0.480 e. The molecule has 8 nitrogen and oxygen atoms in total. The predicted octanol–water partition coefficient (Wildman–Crippen LogP) is 0.487. The molecule has 0 aromatic heterocycles. The van der Waals surface area contributed by atoms with Gasteiger partial charge in [-0.05, 0) is 41.5 Å². The summed E-state index contributed by atoms with van der Waals surface area (Å²) in [6, 6.07) is 0. The van der Waals surface area contributed by atoms with E-state index in [4.69, 9.17) is 14.6 Å². The van der Waals surface area contributed by atoms with Crippen molar-refractivity contribution in [1.82, 2.24) is 5.32 Å². The normalized spacial score (nSPS) is 11.8. The van der Waals surface area contributed by atoms with Crippen LogP contribution in [0.1, 0.15) is 41.5 Å². The lowest BCUT2D eigenvalue weighted by atomic mass is 10.1. The van der Waals surface area contributed by atoms with Gasteiger partial charge in [0.2, 0.25) is 11.8 Å². The maximum Gasteiger partial charge on any atom is 0.330 e. The molecule has 0 saturated carbocycles. The maximum atomic E-state index is 12.0. The van der Waals surface area contributed by atoms with Crippen LogP contribution in [0.3, 0.4) is 0 Å². The Hall–Kier alpha value is -2.12. The van der Waals surface area contributed by atoms with Crippen LogP contribution in [0.5, 0.6) is 0 Å². The average Bonchev–Trinajstić information content (AvgIpc) is 2.20. The van der Waals surface area contributed by atoms with Gasteiger partial charge in [0, 0.05) is 0 Å². The molecule has 0 aromatic rings. The molecule has 0 radical (unpaired) electrons. The van der Waals surface area contributed by atoms with Crippen LogP contribution >= 0.6 is 0 Å². The summed E-state index contributed by atoms with van der Waals surface area (Å²) in [4.78, 5) is 46.5. The van der Waals surface area contributed by atoms with Crippen molar-refractivity contribution in [2.75, 3.05) is 6.54 Å². The number of nitrogens with one attached hydrogen (secondary N) is 1. The van der Waals surface area contributed by atoms with Gasteiger partial charge in [0.1, 0.15) is 17.7 Å². The van der Waals surface area contributed by atoms with Crippen LogP contribution in [0, 0.1) is 5.92 Å². The van der Waals surface area contributed by atoms with Gasteiger partial charge in [-0.1, -0.05) is 0 Å². The van der Waals surface area contributed by atoms with Crippen LogP contribution in [-0.4, -0.2) is 46.7 Å². The quantitative estimate of drug-likeness (QED) is 0.559. The zero-order valence-corrected chi connectivity index (χ0v) is 13.7. The molecule has 8 heteroatoms. The number of hydrogen-bond acceptors (Lipinski definition) is 6. The number of carboxylic acids is 1. The fourth-order valence-corrected chi connectivity index (χ4v) is 1.30. The number of ether oxygens (including phenoxy) is 2. The molecule has 126 valence electrons. The highest BCUT2D eigenvalue weighted by Gasteiger charge is 2.40. The monoisotopic (exact) mass is 317 g/mol. The molecular weight excluding hydrogens is 294 g/mol. The Balaban J connectivity index is 5.21. The summed E-state index contributed by atoms with van der Waals surface area (Å²) in [6.45, 7) is 8.73. The molecule has 0 aliphatic heterocycles. The smallest absolute Gasteiger partial charge is 0.330 e. The van der Waals surface area contributed by atoms with E-state index >= 15 is 0 Å². The Morgan fingerprint density at radius 2 is 1.27 bits per heavy atom. The zero-order valence-electron chi connectivity index (χ0n) is 13.7. The van der Waals surface area contributed by atoms with Crippen LogP contribution in [-0.2, 0) is 28.7 Å². The summed E-state index contributed by atoms with van der Waals surface area (Å²) in [5.74, 6) is -6.45. The number of carbonyl (C=O) groups excluding carboxylic acids is 3. The van der Waals surface area contributed by atoms with Gasteiger partial charge in [-0.15, -0.1) is 0 Å². The first-order valence-electron chi connectivity index (χ1n) is 6.68. The second-order valence-corrected chi connectivity index (χ2v) is 6.61. The van der Waals surface area contributed by atoms with Gasteiger partial charge in [-0.25, -0.2) is 0 Å². The highest BCUT2D eigenvalue weighted by atomic mass is 16.6. The van der Waals surface area contributed by atoms with Crippen molar-refractivity contribution >= 4 is 23.8 Å². The lowest BCUT2D eigenvalue weighted by molar-refractivity contribution is -0.176. The summed E-state index contributed by atoms with van der Waals surface area (Å²) in [5, 5.41) is 10.5. The molecule has 0 atom stereocenters. The van der Waals surface area contributed by atoms with Crippen LogP contribution in [0.15, 0.2) is 0 Å². The Bertz CT molecular complexity index is 429. The third kappa shape index (κ3) is 8.23. The molecule has 0 spiro atoms. The summed E-state index contributed by atoms with van der Waals surface area (Å²) in [7, 11) is 0. The highest BCUT2D eigenvalue weighted by molar-refractivity contribution is 6.14. The Morgan fingerprint density at radius 1 is 0.909 bits per heavy atom. The molecule has 0 aliphatic carbocycles. The number of rotatable bonds is 5. The van der Waals surface area contributed by atoms with E-state index in [2.05, 4.69) is 0 Å². The third-order valence-electron chi connectivity index (χ3n) is 1.96. The van der Waals surface area contributed by atoms with Gasteiger partial charge < -0.3 is 19.9 Å². The van der Waals surface area contributed by atoms with Gasteiger partial charge >= 0.3 is 17.9 Å². The fourth-order valence-electron chi connectivity index (χ4n) is 1.30. The lowest BCUT2D eigenvalue weighted by Crippen LogP contribution is -2.46. The first kappa shape index (κ1) is 19.9. The summed E-state index contributed by atoms with van der Waals surface area (Å²) >= 11 is 0. The van der Waals surface area contributed by atoms with Gasteiger partial charge in [-0.3, -0.25) is 19.2 Å². The molecular formula is C14H23NO7. The van der Waals surface area contributed by atoms with E-state index in [1.165, 1.54) is 0 Å². The van der Waals surface area contributed by atoms with E-state index in [0.29, 0.717) is 0 Å². The van der Waals surface area contributed by atoms with E-state index in [1.807, 2.05) is 5.32 Å². The van der Waals surface area contributed by atoms with Gasteiger partial charge in [-0.2, -0.15) is 0 Å². The molecule has 0 fully saturated rings. The van der Waals surface area contributed by atoms with E-state index in [9.17, 15) is 19.2 Å². The maximum absolute atomic E-state index is 12.0. The van der Waals surface area contributed by atoms with E-state index in [0.717, 1.165) is 0 Å². The zero-order chi connectivity index (χ0) is 17.7. The van der Waals surface area contributed by atoms with Crippen molar-refractivity contribution < 1.29 is 33.8 Å². The Kier molecular flexibility index (Phi) is 6.54. The standard InChI is InChI=1S/C14H23NO7/c1-13(2,3)21-11(19)9(10(18)15-7-8(16)17)12(20)22-14(4,5)6/h9H,7H2,1-6H3,(H,15,18)(H,16,17). The minimum absolute atomic E-state index is 0.721. The molecule has 1 amide bonds. The molecule has 0 rings (SSSR count). The summed E-state index contributed by atoms with van der Waals surface area (Å²) in [6.07, 6.45) is 0. The average molecular weight is 317 g/mol. The van der Waals surface area contributed by atoms with Crippen molar-refractivity contribution in [3.8, 4) is 0 Å². The van der Waals surface area contributed by atoms with Crippen LogP contribution in [0.4, 0.5) is 0 Å². The number of carboxylic acid groups (broad SMARTS) is 1. The number of carbonyl (C=O) groups is 4. The topological polar surface area (TPSA) is 119 Å². The molecule has 22 heavy (non-hydrogen) atoms. The van der Waals surface area contributed by atoms with Gasteiger partial charge in [0.15, 0.2) is 0 Å². The van der Waals surface area contributed by atoms with Crippen molar-refractivity contribution in [1.29, 1.82) is 0 Å². The van der Waals surface area contributed by atoms with Crippen LogP contribution in [0.2, 0.25) is 0 Å². The minimum atomic E-state index is -1.88. The Labute approximate surface area is 129 Å². The van der Waals surface area contributed by atoms with E-state index in [1.54, 1.807) is 41.5 Å². The number of hydrogen-bond donors (Lipinski definition) is 2. The fraction of sp³-hybridized carbons (Fsp3) is 0.714. The highest BCUT2D eigenvalue weighted by Crippen LogP contribution is 2.16. The first-order valence-corrected chi connectivity index (χ1v) is 6.68. The molecule has 0 aromatic carbocycles. The second-order valence-electron chi connectivity index (χ2n) is 6.61. The lowest BCUT2D eigenvalue weighted by Gasteiger charge is -2.25. The third-order valence-corrected chi connectivity index (χ3v) is 1.96. The molecule has 0 unspecified atom stereocenters. The predicted molar refractivity (Wildman–Crippen MR) is 75.8 cm³/mol. The Morgan fingerprint density at radius 3 is 1.55 bits per heavy atom. The van der Waals surface area contributed by atoms with Gasteiger partial charge in [0.25, 0.3) is 0 Å². The van der Waals surface area contributed by atoms with Crippen molar-refractivity contribution in [2.45, 2.75) is 52.7 Å². The van der Waals surface area contributed by atoms with Crippen LogP contribution < -0.4 is 5.32 Å². The van der Waals surface area contributed by atoms with Crippen molar-refractivity contribution in [2.24, 2.45) is 5.92 Å². The number of esters is 2. The SMILES string of the molecule is CC(C)(C)OC(=O)C(C(=O)NCC(=O)O)C(=O)OC(C)(C)C. The van der Waals surface area contributed by atoms with Gasteiger partial charge in [0.05, 0.1) is 0 Å². The number of amides is 1. The molecule has 0 bridgehead atoms. The van der Waals surface area contributed by atoms with Crippen LogP contribution in [0.25, 0.3) is 0 Å². The second kappa shape index (κ2) is 7.24. The molecule has 0 saturated heterocycles. The van der Waals surface area contributed by atoms with E-state index < -0.39 is 47.5 Å².